The van der Waals surface area contributed by atoms with Crippen molar-refractivity contribution in [2.75, 3.05) is 0 Å². The smallest absolute Gasteiger partial charge is 0.166 e. The Balaban J connectivity index is 0.000000293. The Morgan fingerprint density at radius 3 is 1.32 bits per heavy atom. The van der Waals surface area contributed by atoms with Gasteiger partial charge in [-0.05, 0) is 34.8 Å². The lowest BCUT2D eigenvalue weighted by Crippen LogP contribution is -2.11. The molecule has 0 N–H and O–H groups in total. The molecule has 0 amide bonds. The molecule has 0 aliphatic rings. The summed E-state index contributed by atoms with van der Waals surface area (Å²) in [4.78, 5) is 19.5. The van der Waals surface area contributed by atoms with E-state index in [1.165, 1.54) is 21.1 Å². The van der Waals surface area contributed by atoms with E-state index < -0.39 is 0 Å². The van der Waals surface area contributed by atoms with E-state index >= 15 is 0 Å². The molecule has 0 bridgehead atoms. The minimum atomic E-state index is 0.117. The van der Waals surface area contributed by atoms with Gasteiger partial charge in [-0.15, -0.1) is 58.2 Å². The molecule has 0 fully saturated rings. The summed E-state index contributed by atoms with van der Waals surface area (Å²) in [5.74, 6) is 5.05. The fraction of sp³-hybridized carbons (Fsp3) is 0.444. The molecule has 0 saturated heterocycles. The predicted octanol–water partition coefficient (Wildman–Crippen LogP) is 11.0. The molecule has 0 unspecified atom stereocenters. The number of aromatic nitrogens is 4. The van der Waals surface area contributed by atoms with Gasteiger partial charge in [-0.2, -0.15) is 0 Å². The highest BCUT2D eigenvalue weighted by atomic mass is 32.1. The van der Waals surface area contributed by atoms with E-state index in [1.807, 2.05) is 17.8 Å². The summed E-state index contributed by atoms with van der Waals surface area (Å²) in [7, 11) is 0. The number of nitrogens with zero attached hydrogens (tertiary/aromatic N) is 4. The lowest BCUT2D eigenvalue weighted by Gasteiger charge is -2.14. The zero-order valence-electron chi connectivity index (χ0n) is 28.5. The first-order chi connectivity index (χ1) is 20.1. The van der Waals surface area contributed by atoms with Crippen LogP contribution in [0.3, 0.4) is 0 Å². The Hall–Kier alpha value is -2.88. The summed E-state index contributed by atoms with van der Waals surface area (Å²) < 4.78 is 0. The van der Waals surface area contributed by atoms with Crippen LogP contribution in [-0.2, 0) is 21.7 Å². The van der Waals surface area contributed by atoms with Crippen molar-refractivity contribution in [3.8, 4) is 24.7 Å². The van der Waals surface area contributed by atoms with Gasteiger partial charge in [0.2, 0.25) is 0 Å². The van der Waals surface area contributed by atoms with E-state index in [4.69, 9.17) is 12.8 Å². The maximum Gasteiger partial charge on any atom is 0.166 e. The van der Waals surface area contributed by atoms with Crippen molar-refractivity contribution in [2.24, 2.45) is 0 Å². The number of terminal acetylenes is 2. The predicted molar refractivity (Wildman–Crippen MR) is 199 cm³/mol. The monoisotopic (exact) mass is 664 g/mol. The van der Waals surface area contributed by atoms with Crippen LogP contribution in [0.4, 0.5) is 0 Å². The maximum absolute atomic E-state index is 5.20. The first-order valence-corrected chi connectivity index (χ1v) is 17.6. The van der Waals surface area contributed by atoms with E-state index in [0.717, 1.165) is 31.4 Å². The van der Waals surface area contributed by atoms with Crippen LogP contribution in [0.15, 0.2) is 36.3 Å². The molecule has 8 heteroatoms. The van der Waals surface area contributed by atoms with Crippen LogP contribution in [0.25, 0.3) is 12.2 Å². The van der Waals surface area contributed by atoms with Crippen molar-refractivity contribution >= 4 is 57.5 Å². The van der Waals surface area contributed by atoms with Crippen molar-refractivity contribution in [3.05, 3.63) is 77.5 Å². The molecular weight excluding hydrogens is 617 g/mol. The quantitative estimate of drug-likeness (QED) is 0.200. The lowest BCUT2D eigenvalue weighted by molar-refractivity contribution is 0.572. The summed E-state index contributed by atoms with van der Waals surface area (Å²) in [5.41, 5.74) is 2.91. The van der Waals surface area contributed by atoms with Crippen molar-refractivity contribution in [1.29, 1.82) is 0 Å². The molecule has 4 nitrogen and oxygen atoms in total. The van der Waals surface area contributed by atoms with Crippen LogP contribution < -0.4 is 0 Å². The van der Waals surface area contributed by atoms with Crippen LogP contribution in [0, 0.1) is 24.7 Å². The van der Waals surface area contributed by atoms with E-state index in [9.17, 15) is 0 Å². The first-order valence-electron chi connectivity index (χ1n) is 14.2. The molecule has 4 heterocycles. The van der Waals surface area contributed by atoms with Crippen LogP contribution in [0.1, 0.15) is 124 Å². The minimum Gasteiger partial charge on any atom is -0.245 e. The topological polar surface area (TPSA) is 51.6 Å². The summed E-state index contributed by atoms with van der Waals surface area (Å²) in [6.07, 6.45) is 17.8. The number of hydrogen-bond donors (Lipinski definition) is 0. The number of hydrogen-bond acceptors (Lipinski definition) is 8. The highest BCUT2D eigenvalue weighted by Crippen LogP contribution is 2.29. The Bertz CT molecular complexity index is 1440. The summed E-state index contributed by atoms with van der Waals surface area (Å²) in [6.45, 7) is 33.2. The molecule has 0 radical (unpaired) electrons. The molecule has 236 valence electrons. The Morgan fingerprint density at radius 2 is 1.05 bits per heavy atom. The summed E-state index contributed by atoms with van der Waals surface area (Å²) in [5, 5.41) is 7.68. The molecule has 0 saturated carbocycles. The van der Waals surface area contributed by atoms with Gasteiger partial charge in [0.05, 0.1) is 11.4 Å². The van der Waals surface area contributed by atoms with E-state index in [0.29, 0.717) is 0 Å². The lowest BCUT2D eigenvalue weighted by atomic mass is 9.93. The summed E-state index contributed by atoms with van der Waals surface area (Å²) >= 11 is 6.48. The van der Waals surface area contributed by atoms with Gasteiger partial charge in [-0.1, -0.05) is 96.2 Å². The molecular formula is C36H48N4S4. The third-order valence-electron chi connectivity index (χ3n) is 5.67. The SMILES string of the molecule is C#Cc1nc(C(C)(C)C)cs1.C#Cc1ncc(C(C)(C)C)s1.C=Cc1nc(C(C)(C)C)cs1.C=Cc1ncc(C(C)(C)C)s1. The Kier molecular flexibility index (Phi) is 14.6. The van der Waals surface area contributed by atoms with Gasteiger partial charge in [-0.3, -0.25) is 0 Å². The Morgan fingerprint density at radius 1 is 0.591 bits per heavy atom. The second-order valence-electron chi connectivity index (χ2n) is 13.9. The van der Waals surface area contributed by atoms with Gasteiger partial charge in [0.1, 0.15) is 10.0 Å². The molecule has 0 aromatic carbocycles. The third-order valence-corrected chi connectivity index (χ3v) is 10.1. The van der Waals surface area contributed by atoms with Gasteiger partial charge in [0, 0.05) is 43.7 Å². The summed E-state index contributed by atoms with van der Waals surface area (Å²) in [6, 6.07) is 0. The molecule has 0 spiro atoms. The van der Waals surface area contributed by atoms with E-state index in [1.54, 1.807) is 46.2 Å². The highest BCUT2D eigenvalue weighted by Gasteiger charge is 2.18. The molecule has 0 atom stereocenters. The highest BCUT2D eigenvalue weighted by molar-refractivity contribution is 7.12. The average molecular weight is 665 g/mol. The van der Waals surface area contributed by atoms with Gasteiger partial charge < -0.3 is 0 Å². The van der Waals surface area contributed by atoms with Crippen molar-refractivity contribution in [2.45, 2.75) is 105 Å². The molecule has 0 aliphatic heterocycles. The molecule has 4 aromatic heterocycles. The van der Waals surface area contributed by atoms with Gasteiger partial charge >= 0.3 is 0 Å². The van der Waals surface area contributed by atoms with Crippen LogP contribution in [0.2, 0.25) is 0 Å². The number of rotatable bonds is 2. The third kappa shape index (κ3) is 13.4. The van der Waals surface area contributed by atoms with Crippen LogP contribution in [-0.4, -0.2) is 19.9 Å². The second-order valence-corrected chi connectivity index (χ2v) is 17.7. The van der Waals surface area contributed by atoms with Crippen molar-refractivity contribution in [3.63, 3.8) is 0 Å². The fourth-order valence-corrected chi connectivity index (χ4v) is 6.17. The van der Waals surface area contributed by atoms with Crippen molar-refractivity contribution < 1.29 is 0 Å². The van der Waals surface area contributed by atoms with Crippen molar-refractivity contribution in [1.82, 2.24) is 19.9 Å². The zero-order chi connectivity index (χ0) is 33.9. The van der Waals surface area contributed by atoms with Crippen LogP contribution in [0.5, 0.6) is 0 Å². The van der Waals surface area contributed by atoms with Gasteiger partial charge in [0.25, 0.3) is 0 Å². The van der Waals surface area contributed by atoms with Gasteiger partial charge in [0.15, 0.2) is 10.0 Å². The first kappa shape index (κ1) is 39.1. The fourth-order valence-electron chi connectivity index (χ4n) is 2.83. The molecule has 0 aliphatic carbocycles. The van der Waals surface area contributed by atoms with E-state index in [2.05, 4.69) is 133 Å². The molecule has 4 rings (SSSR count). The minimum absolute atomic E-state index is 0.117. The average Bonchev–Trinajstić information content (AvgIpc) is 3.74. The second kappa shape index (κ2) is 16.4. The normalized spacial score (nSPS) is 11.3. The van der Waals surface area contributed by atoms with E-state index in [-0.39, 0.29) is 21.7 Å². The molecule has 44 heavy (non-hydrogen) atoms. The standard InChI is InChI=1S/C9H13NS.C9H11NS.C9H13NS.C9H11NS/c2*1-5-8-10-7(6-11-8)9(2,3)4;2*1-5-8-10-6-7(11-8)9(2,3)4/h5-6H,1H2,2-4H3;1,6H,2-4H3;5-6H,1H2,2-4H3;1,6H,2-4H3. The number of thiazole rings is 4. The Labute approximate surface area is 282 Å². The maximum atomic E-state index is 5.20. The largest absolute Gasteiger partial charge is 0.245 e. The molecule has 4 aromatic rings. The van der Waals surface area contributed by atoms with Crippen LogP contribution >= 0.6 is 45.3 Å². The van der Waals surface area contributed by atoms with Gasteiger partial charge in [-0.25, -0.2) is 19.9 Å². The zero-order valence-corrected chi connectivity index (χ0v) is 31.7.